The molecule has 3 N–H and O–H groups in total. The lowest BCUT2D eigenvalue weighted by Gasteiger charge is -2.23. The van der Waals surface area contributed by atoms with Gasteiger partial charge in [-0.1, -0.05) is 54.3 Å². The molecular weight excluding hydrogens is 523 g/mol. The van der Waals surface area contributed by atoms with Crippen LogP contribution in [0.3, 0.4) is 0 Å². The predicted molar refractivity (Wildman–Crippen MR) is 139 cm³/mol. The van der Waals surface area contributed by atoms with Gasteiger partial charge >= 0.3 is 18.1 Å². The number of aliphatic carboxylic acids is 2. The summed E-state index contributed by atoms with van der Waals surface area (Å²) in [7, 11) is 0. The summed E-state index contributed by atoms with van der Waals surface area (Å²) in [5.74, 6) is -2.65. The predicted octanol–water partition coefficient (Wildman–Crippen LogP) is 5.68. The molecule has 1 unspecified atom stereocenters. The number of halogens is 3. The number of carboxylic acid groups (broad SMARTS) is 2. The smallest absolute Gasteiger partial charge is 0.417 e. The maximum absolute atomic E-state index is 13.0. The Hall–Kier alpha value is -4.19. The van der Waals surface area contributed by atoms with Crippen molar-refractivity contribution >= 4 is 40.5 Å². The Balaban J connectivity index is 0.000000328. The Bertz CT molecular complexity index is 1280. The van der Waals surface area contributed by atoms with E-state index in [0.717, 1.165) is 30.2 Å². The van der Waals surface area contributed by atoms with Crippen LogP contribution in [0.5, 0.6) is 0 Å². The van der Waals surface area contributed by atoms with Gasteiger partial charge in [-0.2, -0.15) is 18.2 Å². The average Bonchev–Trinajstić information content (AvgIpc) is 2.87. The summed E-state index contributed by atoms with van der Waals surface area (Å²) in [6.45, 7) is 5.08. The minimum absolute atomic E-state index is 0.0359. The SMILES string of the molecule is C=CCSC(=NC(=O)c1cnccc1C(F)(F)F)Nc1ccccc1.CC1(C(=O)O)C=CC=C(C(=O)O)C1. The summed E-state index contributed by atoms with van der Waals surface area (Å²) in [4.78, 5) is 41.0. The molecular formula is C26H24F3N3O5S. The summed E-state index contributed by atoms with van der Waals surface area (Å²) in [5.41, 5.74) is -1.95. The molecule has 1 amide bonds. The molecule has 1 aliphatic rings. The molecule has 0 saturated carbocycles. The Morgan fingerprint density at radius 3 is 2.47 bits per heavy atom. The number of amides is 1. The highest BCUT2D eigenvalue weighted by Gasteiger charge is 2.35. The van der Waals surface area contributed by atoms with Crippen molar-refractivity contribution in [2.45, 2.75) is 19.5 Å². The van der Waals surface area contributed by atoms with Gasteiger partial charge in [0.2, 0.25) is 0 Å². The molecule has 12 heteroatoms. The monoisotopic (exact) mass is 547 g/mol. The zero-order valence-corrected chi connectivity index (χ0v) is 20.9. The number of nitrogens with zero attached hydrogens (tertiary/aromatic N) is 2. The number of aromatic nitrogens is 1. The van der Waals surface area contributed by atoms with Crippen LogP contribution in [-0.4, -0.2) is 44.0 Å². The Morgan fingerprint density at radius 2 is 1.89 bits per heavy atom. The fourth-order valence-electron chi connectivity index (χ4n) is 3.03. The number of nitrogens with one attached hydrogen (secondary N) is 1. The van der Waals surface area contributed by atoms with Crippen molar-refractivity contribution in [3.8, 4) is 0 Å². The number of carbonyl (C=O) groups excluding carboxylic acids is 1. The largest absolute Gasteiger partial charge is 0.481 e. The first-order valence-electron chi connectivity index (χ1n) is 10.9. The Labute approximate surface area is 220 Å². The van der Waals surface area contributed by atoms with Crippen LogP contribution in [0.15, 0.2) is 90.2 Å². The molecule has 0 fully saturated rings. The van der Waals surface area contributed by atoms with Gasteiger partial charge in [0.15, 0.2) is 5.17 Å². The number of para-hydroxylation sites is 1. The van der Waals surface area contributed by atoms with Crippen molar-refractivity contribution < 1.29 is 37.8 Å². The Kier molecular flexibility index (Phi) is 10.6. The van der Waals surface area contributed by atoms with E-state index in [-0.39, 0.29) is 17.2 Å². The summed E-state index contributed by atoms with van der Waals surface area (Å²) >= 11 is 1.15. The zero-order valence-electron chi connectivity index (χ0n) is 20.1. The van der Waals surface area contributed by atoms with E-state index in [2.05, 4.69) is 21.9 Å². The fourth-order valence-corrected chi connectivity index (χ4v) is 3.64. The third kappa shape index (κ3) is 8.73. The van der Waals surface area contributed by atoms with Crippen LogP contribution in [-0.2, 0) is 15.8 Å². The van der Waals surface area contributed by atoms with E-state index >= 15 is 0 Å². The summed E-state index contributed by atoms with van der Waals surface area (Å²) < 4.78 is 39.1. The quantitative estimate of drug-likeness (QED) is 0.240. The van der Waals surface area contributed by atoms with Gasteiger partial charge in [-0.05, 0) is 31.5 Å². The number of hydrogen-bond acceptors (Lipinski definition) is 5. The van der Waals surface area contributed by atoms with Gasteiger partial charge in [0.1, 0.15) is 0 Å². The van der Waals surface area contributed by atoms with Crippen molar-refractivity contribution in [1.29, 1.82) is 0 Å². The van der Waals surface area contributed by atoms with Gasteiger partial charge in [-0.25, -0.2) is 4.79 Å². The lowest BCUT2D eigenvalue weighted by molar-refractivity contribution is -0.145. The summed E-state index contributed by atoms with van der Waals surface area (Å²) in [5, 5.41) is 20.6. The molecule has 2 aromatic rings. The maximum atomic E-state index is 13.0. The van der Waals surface area contributed by atoms with Gasteiger partial charge in [-0.15, -0.1) is 6.58 Å². The molecule has 1 atom stereocenters. The minimum Gasteiger partial charge on any atom is -0.481 e. The van der Waals surface area contributed by atoms with E-state index in [9.17, 15) is 27.6 Å². The fraction of sp³-hybridized carbons (Fsp3) is 0.192. The van der Waals surface area contributed by atoms with E-state index < -0.39 is 40.6 Å². The van der Waals surface area contributed by atoms with Gasteiger partial charge < -0.3 is 15.5 Å². The van der Waals surface area contributed by atoms with E-state index in [1.807, 2.05) is 6.07 Å². The number of rotatable bonds is 6. The lowest BCUT2D eigenvalue weighted by atomic mass is 9.80. The van der Waals surface area contributed by atoms with Gasteiger partial charge in [0.05, 0.1) is 16.5 Å². The first-order chi connectivity index (χ1) is 17.9. The topological polar surface area (TPSA) is 129 Å². The van der Waals surface area contributed by atoms with Gasteiger partial charge in [0.25, 0.3) is 5.91 Å². The Morgan fingerprint density at radius 1 is 1.21 bits per heavy atom. The van der Waals surface area contributed by atoms with Crippen molar-refractivity contribution in [2.24, 2.45) is 10.4 Å². The molecule has 3 rings (SSSR count). The molecule has 0 spiro atoms. The first-order valence-corrected chi connectivity index (χ1v) is 11.9. The summed E-state index contributed by atoms with van der Waals surface area (Å²) in [6.07, 6.45) is 3.23. The highest BCUT2D eigenvalue weighted by atomic mass is 32.2. The number of carbonyl (C=O) groups is 3. The zero-order chi connectivity index (χ0) is 28.3. The lowest BCUT2D eigenvalue weighted by Crippen LogP contribution is -2.28. The second-order valence-corrected chi connectivity index (χ2v) is 9.00. The van der Waals surface area contributed by atoms with Crippen LogP contribution in [0, 0.1) is 5.41 Å². The average molecular weight is 548 g/mol. The van der Waals surface area contributed by atoms with Crippen molar-refractivity contribution in [3.63, 3.8) is 0 Å². The number of aliphatic imine (C=N–C) groups is 1. The third-order valence-corrected chi connectivity index (χ3v) is 5.87. The van der Waals surface area contributed by atoms with E-state index in [4.69, 9.17) is 10.2 Å². The molecule has 1 aromatic heterocycles. The van der Waals surface area contributed by atoms with Gasteiger partial charge in [0, 0.05) is 29.4 Å². The first kappa shape index (κ1) is 30.0. The molecule has 0 bridgehead atoms. The van der Waals surface area contributed by atoms with Crippen molar-refractivity contribution in [1.82, 2.24) is 4.98 Å². The molecule has 1 heterocycles. The molecule has 0 saturated heterocycles. The molecule has 38 heavy (non-hydrogen) atoms. The number of anilines is 1. The standard InChI is InChI=1S/C17H14F3N3OS.C9H10O4/c1-2-10-25-16(22-12-6-4-3-5-7-12)23-15(24)13-11-21-9-8-14(13)17(18,19)20;1-9(8(12)13)4-2-3-6(5-9)7(10)11/h2-9,11H,1,10H2,(H,22,23,24);2-4H,5H2,1H3,(H,10,11)(H,12,13). The third-order valence-electron chi connectivity index (χ3n) is 5.01. The van der Waals surface area contributed by atoms with Crippen LogP contribution >= 0.6 is 11.8 Å². The maximum Gasteiger partial charge on any atom is 0.417 e. The molecule has 1 aliphatic carbocycles. The van der Waals surface area contributed by atoms with Crippen LogP contribution in [0.2, 0.25) is 0 Å². The number of thioether (sulfide) groups is 1. The molecule has 200 valence electrons. The second kappa shape index (κ2) is 13.4. The normalized spacial score (nSPS) is 16.9. The number of hydrogen-bond donors (Lipinski definition) is 3. The minimum atomic E-state index is -4.66. The van der Waals surface area contributed by atoms with Crippen molar-refractivity contribution in [2.75, 3.05) is 11.1 Å². The number of carboxylic acids is 2. The number of pyridine rings is 1. The number of amidine groups is 1. The molecule has 0 aliphatic heterocycles. The van der Waals surface area contributed by atoms with E-state index in [1.165, 1.54) is 25.2 Å². The molecule has 8 nitrogen and oxygen atoms in total. The van der Waals surface area contributed by atoms with Crippen LogP contribution in [0.4, 0.5) is 18.9 Å². The van der Waals surface area contributed by atoms with Crippen molar-refractivity contribution in [3.05, 3.63) is 96.4 Å². The van der Waals surface area contributed by atoms with Crippen LogP contribution in [0.1, 0.15) is 29.3 Å². The van der Waals surface area contributed by atoms with Gasteiger partial charge in [-0.3, -0.25) is 14.6 Å². The van der Waals surface area contributed by atoms with Crippen LogP contribution < -0.4 is 5.32 Å². The van der Waals surface area contributed by atoms with Crippen LogP contribution in [0.25, 0.3) is 0 Å². The highest BCUT2D eigenvalue weighted by molar-refractivity contribution is 8.14. The number of alkyl halides is 3. The number of benzene rings is 1. The molecule has 0 radical (unpaired) electrons. The number of allylic oxidation sites excluding steroid dienone is 2. The highest BCUT2D eigenvalue weighted by Crippen LogP contribution is 2.32. The second-order valence-electron chi connectivity index (χ2n) is 7.99. The molecule has 1 aromatic carbocycles. The van der Waals surface area contributed by atoms with E-state index in [1.54, 1.807) is 30.3 Å². The summed E-state index contributed by atoms with van der Waals surface area (Å²) in [6, 6.07) is 9.63. The van der Waals surface area contributed by atoms with E-state index in [0.29, 0.717) is 11.4 Å².